The molecular weight excluding hydrogens is 346 g/mol. The van der Waals surface area contributed by atoms with E-state index in [2.05, 4.69) is 4.72 Å². The van der Waals surface area contributed by atoms with Gasteiger partial charge in [0, 0.05) is 11.8 Å². The maximum Gasteiger partial charge on any atom is 0.339 e. The highest BCUT2D eigenvalue weighted by Gasteiger charge is 2.26. The molecule has 0 fully saturated rings. The van der Waals surface area contributed by atoms with Gasteiger partial charge in [-0.3, -0.25) is 4.72 Å². The van der Waals surface area contributed by atoms with Crippen LogP contribution in [-0.4, -0.2) is 32.7 Å². The van der Waals surface area contributed by atoms with Crippen molar-refractivity contribution >= 4 is 21.7 Å². The zero-order valence-corrected chi connectivity index (χ0v) is 14.3. The molecule has 1 aliphatic rings. The van der Waals surface area contributed by atoms with Gasteiger partial charge in [0.15, 0.2) is 11.5 Å². The van der Waals surface area contributed by atoms with Crippen LogP contribution in [0.25, 0.3) is 0 Å². The van der Waals surface area contributed by atoms with Gasteiger partial charge in [-0.1, -0.05) is 19.1 Å². The third kappa shape index (κ3) is 3.53. The maximum absolute atomic E-state index is 12.6. The van der Waals surface area contributed by atoms with Crippen molar-refractivity contribution in [3.8, 4) is 11.5 Å². The molecule has 0 radical (unpaired) electrons. The highest BCUT2D eigenvalue weighted by atomic mass is 32.2. The molecule has 0 unspecified atom stereocenters. The van der Waals surface area contributed by atoms with Crippen LogP contribution in [0.15, 0.2) is 41.3 Å². The zero-order chi connectivity index (χ0) is 18.0. The standard InChI is InChI=1S/C17H17NO6S/c1-2-11-3-5-12(6-4-11)18-25(21,22)13-9-14(17(19)20)16-15(10-13)23-7-8-24-16/h3-6,9-10,18H,2,7-8H2,1H3,(H,19,20). The number of sulfonamides is 1. The molecule has 7 nitrogen and oxygen atoms in total. The molecule has 25 heavy (non-hydrogen) atoms. The second kappa shape index (κ2) is 6.64. The largest absolute Gasteiger partial charge is 0.486 e. The highest BCUT2D eigenvalue weighted by Crippen LogP contribution is 2.37. The first-order valence-corrected chi connectivity index (χ1v) is 9.17. The quantitative estimate of drug-likeness (QED) is 0.846. The number of aromatic carboxylic acids is 1. The summed E-state index contributed by atoms with van der Waals surface area (Å²) in [4.78, 5) is 11.2. The van der Waals surface area contributed by atoms with E-state index in [1.54, 1.807) is 12.1 Å². The fourth-order valence-corrected chi connectivity index (χ4v) is 3.56. The van der Waals surface area contributed by atoms with Crippen molar-refractivity contribution in [2.75, 3.05) is 17.9 Å². The van der Waals surface area contributed by atoms with Gasteiger partial charge in [0.1, 0.15) is 18.8 Å². The molecule has 0 spiro atoms. The highest BCUT2D eigenvalue weighted by molar-refractivity contribution is 7.92. The lowest BCUT2D eigenvalue weighted by Gasteiger charge is -2.21. The van der Waals surface area contributed by atoms with E-state index in [-0.39, 0.29) is 35.2 Å². The van der Waals surface area contributed by atoms with Gasteiger partial charge < -0.3 is 14.6 Å². The predicted molar refractivity (Wildman–Crippen MR) is 91.0 cm³/mol. The third-order valence-electron chi connectivity index (χ3n) is 3.77. The lowest BCUT2D eigenvalue weighted by Crippen LogP contribution is -2.20. The van der Waals surface area contributed by atoms with E-state index in [0.29, 0.717) is 5.69 Å². The van der Waals surface area contributed by atoms with Crippen LogP contribution in [0.2, 0.25) is 0 Å². The topological polar surface area (TPSA) is 102 Å². The normalized spacial score (nSPS) is 13.3. The number of hydrogen-bond donors (Lipinski definition) is 2. The van der Waals surface area contributed by atoms with Crippen LogP contribution < -0.4 is 14.2 Å². The molecule has 0 saturated heterocycles. The number of fused-ring (bicyclic) bond motifs is 1. The summed E-state index contributed by atoms with van der Waals surface area (Å²) in [5, 5.41) is 9.33. The summed E-state index contributed by atoms with van der Waals surface area (Å²) in [7, 11) is -3.97. The zero-order valence-electron chi connectivity index (χ0n) is 13.5. The lowest BCUT2D eigenvalue weighted by atomic mass is 10.2. The first-order valence-electron chi connectivity index (χ1n) is 7.69. The van der Waals surface area contributed by atoms with Crippen molar-refractivity contribution in [2.45, 2.75) is 18.2 Å². The van der Waals surface area contributed by atoms with Crippen LogP contribution in [-0.2, 0) is 16.4 Å². The summed E-state index contributed by atoms with van der Waals surface area (Å²) in [5.74, 6) is -1.14. The average Bonchev–Trinajstić information content (AvgIpc) is 2.61. The number of ether oxygens (including phenoxy) is 2. The third-order valence-corrected chi connectivity index (χ3v) is 5.13. The Hall–Kier alpha value is -2.74. The van der Waals surface area contributed by atoms with E-state index in [4.69, 9.17) is 9.47 Å². The SMILES string of the molecule is CCc1ccc(NS(=O)(=O)c2cc3c(c(C(=O)O)c2)OCCO3)cc1. The Labute approximate surface area is 145 Å². The predicted octanol–water partition coefficient (Wildman–Crippen LogP) is 2.52. The Bertz CT molecular complexity index is 905. The number of rotatable bonds is 5. The van der Waals surface area contributed by atoms with Crippen LogP contribution in [0.3, 0.4) is 0 Å². The molecule has 2 aromatic rings. The Morgan fingerprint density at radius 2 is 1.84 bits per heavy atom. The van der Waals surface area contributed by atoms with Crippen LogP contribution >= 0.6 is 0 Å². The maximum atomic E-state index is 12.6. The number of nitrogens with one attached hydrogen (secondary N) is 1. The average molecular weight is 363 g/mol. The van der Waals surface area contributed by atoms with Crippen LogP contribution in [0.5, 0.6) is 11.5 Å². The van der Waals surface area contributed by atoms with Crippen molar-refractivity contribution in [3.63, 3.8) is 0 Å². The fourth-order valence-electron chi connectivity index (χ4n) is 2.46. The van der Waals surface area contributed by atoms with Crippen molar-refractivity contribution in [1.82, 2.24) is 0 Å². The minimum Gasteiger partial charge on any atom is -0.486 e. The molecule has 0 bridgehead atoms. The van der Waals surface area contributed by atoms with Gasteiger partial charge in [-0.2, -0.15) is 0 Å². The van der Waals surface area contributed by atoms with Gasteiger partial charge in [0.2, 0.25) is 0 Å². The van der Waals surface area contributed by atoms with Gasteiger partial charge in [-0.25, -0.2) is 13.2 Å². The van der Waals surface area contributed by atoms with Gasteiger partial charge in [-0.15, -0.1) is 0 Å². The van der Waals surface area contributed by atoms with Gasteiger partial charge in [0.25, 0.3) is 10.0 Å². The van der Waals surface area contributed by atoms with Crippen molar-refractivity contribution in [1.29, 1.82) is 0 Å². The van der Waals surface area contributed by atoms with Gasteiger partial charge >= 0.3 is 5.97 Å². The minimum absolute atomic E-state index is 0.0463. The molecule has 2 aromatic carbocycles. The Kier molecular flexibility index (Phi) is 4.54. The molecule has 0 atom stereocenters. The molecule has 132 valence electrons. The number of carboxylic acids is 1. The van der Waals surface area contributed by atoms with E-state index in [1.807, 2.05) is 19.1 Å². The number of carbonyl (C=O) groups is 1. The number of aryl methyl sites for hydroxylation is 1. The number of carboxylic acid groups (broad SMARTS) is 1. The molecule has 2 N–H and O–H groups in total. The summed E-state index contributed by atoms with van der Waals surface area (Å²) in [6.07, 6.45) is 0.844. The second-order valence-electron chi connectivity index (χ2n) is 5.46. The number of benzene rings is 2. The summed E-state index contributed by atoms with van der Waals surface area (Å²) < 4.78 is 38.3. The van der Waals surface area contributed by atoms with E-state index >= 15 is 0 Å². The summed E-state index contributed by atoms with van der Waals surface area (Å²) in [6.45, 7) is 2.44. The molecule has 8 heteroatoms. The summed E-state index contributed by atoms with van der Waals surface area (Å²) in [6, 6.07) is 9.30. The van der Waals surface area contributed by atoms with Gasteiger partial charge in [0.05, 0.1) is 4.90 Å². The Morgan fingerprint density at radius 3 is 2.48 bits per heavy atom. The second-order valence-corrected chi connectivity index (χ2v) is 7.14. The number of hydrogen-bond acceptors (Lipinski definition) is 5. The van der Waals surface area contributed by atoms with Crippen molar-refractivity contribution in [3.05, 3.63) is 47.5 Å². The van der Waals surface area contributed by atoms with E-state index in [1.165, 1.54) is 6.07 Å². The molecule has 3 rings (SSSR count). The van der Waals surface area contributed by atoms with E-state index in [9.17, 15) is 18.3 Å². The minimum atomic E-state index is -3.97. The fraction of sp³-hybridized carbons (Fsp3) is 0.235. The first-order chi connectivity index (χ1) is 11.9. The smallest absolute Gasteiger partial charge is 0.339 e. The van der Waals surface area contributed by atoms with Crippen LogP contribution in [0.4, 0.5) is 5.69 Å². The van der Waals surface area contributed by atoms with Gasteiger partial charge in [-0.05, 0) is 30.2 Å². The van der Waals surface area contributed by atoms with E-state index in [0.717, 1.165) is 18.1 Å². The molecule has 1 heterocycles. The molecule has 0 aromatic heterocycles. The van der Waals surface area contributed by atoms with Crippen LogP contribution in [0, 0.1) is 0 Å². The molecule has 0 aliphatic carbocycles. The molecular formula is C17H17NO6S. The van der Waals surface area contributed by atoms with Crippen molar-refractivity contribution in [2.24, 2.45) is 0 Å². The van der Waals surface area contributed by atoms with Crippen molar-refractivity contribution < 1.29 is 27.8 Å². The molecule has 1 aliphatic heterocycles. The Morgan fingerprint density at radius 1 is 1.16 bits per heavy atom. The summed E-state index contributed by atoms with van der Waals surface area (Å²) in [5.41, 5.74) is 1.22. The van der Waals surface area contributed by atoms with Crippen LogP contribution in [0.1, 0.15) is 22.8 Å². The first kappa shape index (κ1) is 17.1. The number of anilines is 1. The monoisotopic (exact) mass is 363 g/mol. The lowest BCUT2D eigenvalue weighted by molar-refractivity contribution is 0.0685. The summed E-state index contributed by atoms with van der Waals surface area (Å²) >= 11 is 0. The molecule has 0 amide bonds. The van der Waals surface area contributed by atoms with E-state index < -0.39 is 16.0 Å². The molecule has 0 saturated carbocycles. The Balaban J connectivity index is 1.98.